The maximum Gasteiger partial charge on any atom is 0.254 e. The Balaban J connectivity index is 1.72. The van der Waals surface area contributed by atoms with E-state index in [-0.39, 0.29) is 5.91 Å². The quantitative estimate of drug-likeness (QED) is 0.757. The summed E-state index contributed by atoms with van der Waals surface area (Å²) in [6.45, 7) is 3.50. The van der Waals surface area contributed by atoms with Crippen molar-refractivity contribution in [3.8, 4) is 5.75 Å². The normalized spacial score (nSPS) is 10.3. The zero-order valence-corrected chi connectivity index (χ0v) is 12.3. The molecule has 1 aromatic carbocycles. The number of ether oxygens (including phenoxy) is 1. The van der Waals surface area contributed by atoms with Crippen LogP contribution in [0.2, 0.25) is 0 Å². The van der Waals surface area contributed by atoms with Gasteiger partial charge in [-0.1, -0.05) is 25.5 Å². The van der Waals surface area contributed by atoms with Gasteiger partial charge in [0.05, 0.1) is 18.4 Å². The molecule has 4 nitrogen and oxygen atoms in total. The van der Waals surface area contributed by atoms with Gasteiger partial charge >= 0.3 is 0 Å². The summed E-state index contributed by atoms with van der Waals surface area (Å²) in [7, 11) is 0. The highest BCUT2D eigenvalue weighted by atomic mass is 16.5. The zero-order chi connectivity index (χ0) is 14.9. The van der Waals surface area contributed by atoms with E-state index < -0.39 is 0 Å². The van der Waals surface area contributed by atoms with Gasteiger partial charge in [-0.05, 0) is 36.6 Å². The predicted octanol–water partition coefficient (Wildman–Crippen LogP) is 3.43. The molecule has 0 atom stereocenters. The van der Waals surface area contributed by atoms with Crippen molar-refractivity contribution < 1.29 is 13.9 Å². The molecule has 0 saturated carbocycles. The molecule has 112 valence electrons. The Hall–Kier alpha value is -2.23. The second-order valence-electron chi connectivity index (χ2n) is 4.86. The van der Waals surface area contributed by atoms with Gasteiger partial charge in [0, 0.05) is 6.54 Å². The summed E-state index contributed by atoms with van der Waals surface area (Å²) in [6.07, 6.45) is 5.93. The van der Waals surface area contributed by atoms with Crippen molar-refractivity contribution >= 4 is 5.91 Å². The fourth-order valence-electron chi connectivity index (χ4n) is 1.90. The van der Waals surface area contributed by atoms with Crippen LogP contribution in [0, 0.1) is 0 Å². The van der Waals surface area contributed by atoms with Crippen molar-refractivity contribution in [2.45, 2.75) is 26.2 Å². The van der Waals surface area contributed by atoms with E-state index in [4.69, 9.17) is 9.15 Å². The van der Waals surface area contributed by atoms with Crippen molar-refractivity contribution in [3.05, 3.63) is 54.0 Å². The molecule has 0 spiro atoms. The second kappa shape index (κ2) is 8.15. The molecule has 2 aromatic rings. The summed E-state index contributed by atoms with van der Waals surface area (Å²) in [5.41, 5.74) is 1.72. The fraction of sp³-hybridized carbons (Fsp3) is 0.353. The molecule has 0 aliphatic heterocycles. The Morgan fingerprint density at radius 1 is 1.24 bits per heavy atom. The van der Waals surface area contributed by atoms with Crippen LogP contribution >= 0.6 is 0 Å². The minimum absolute atomic E-state index is 0.108. The van der Waals surface area contributed by atoms with Gasteiger partial charge in [-0.15, -0.1) is 0 Å². The van der Waals surface area contributed by atoms with E-state index in [0.29, 0.717) is 12.1 Å². The molecule has 21 heavy (non-hydrogen) atoms. The predicted molar refractivity (Wildman–Crippen MR) is 81.6 cm³/mol. The summed E-state index contributed by atoms with van der Waals surface area (Å²) in [4.78, 5) is 11.7. The van der Waals surface area contributed by atoms with Crippen LogP contribution < -0.4 is 10.1 Å². The maximum absolute atomic E-state index is 11.7. The van der Waals surface area contributed by atoms with Crippen molar-refractivity contribution in [2.75, 3.05) is 13.2 Å². The number of carbonyl (C=O) groups excluding carboxylic acids is 1. The first-order valence-electron chi connectivity index (χ1n) is 7.31. The topological polar surface area (TPSA) is 51.5 Å². The lowest BCUT2D eigenvalue weighted by molar-refractivity contribution is 0.0953. The van der Waals surface area contributed by atoms with Crippen LogP contribution in [-0.4, -0.2) is 19.1 Å². The third-order valence-electron chi connectivity index (χ3n) is 3.17. The van der Waals surface area contributed by atoms with E-state index in [1.807, 2.05) is 24.3 Å². The van der Waals surface area contributed by atoms with Crippen molar-refractivity contribution in [3.63, 3.8) is 0 Å². The smallest absolute Gasteiger partial charge is 0.254 e. The lowest BCUT2D eigenvalue weighted by Gasteiger charge is -2.07. The lowest BCUT2D eigenvalue weighted by Crippen LogP contribution is -2.25. The average molecular weight is 287 g/mol. The van der Waals surface area contributed by atoms with Gasteiger partial charge in [-0.2, -0.15) is 0 Å². The molecule has 0 fully saturated rings. The van der Waals surface area contributed by atoms with Crippen molar-refractivity contribution in [2.24, 2.45) is 0 Å². The molecule has 0 aliphatic rings. The highest BCUT2D eigenvalue weighted by molar-refractivity contribution is 5.93. The minimum atomic E-state index is -0.108. The van der Waals surface area contributed by atoms with E-state index >= 15 is 0 Å². The maximum atomic E-state index is 11.7. The van der Waals surface area contributed by atoms with Gasteiger partial charge in [-0.3, -0.25) is 4.79 Å². The van der Waals surface area contributed by atoms with Crippen LogP contribution in [0.25, 0.3) is 0 Å². The van der Waals surface area contributed by atoms with E-state index in [2.05, 4.69) is 12.2 Å². The number of nitrogens with one attached hydrogen (secondary N) is 1. The lowest BCUT2D eigenvalue weighted by atomic mass is 10.1. The van der Waals surface area contributed by atoms with Crippen molar-refractivity contribution in [1.82, 2.24) is 5.32 Å². The number of furan rings is 1. The van der Waals surface area contributed by atoms with E-state index in [0.717, 1.165) is 31.6 Å². The molecule has 2 rings (SSSR count). The Kier molecular flexibility index (Phi) is 5.88. The molecule has 0 saturated heterocycles. The Labute approximate surface area is 125 Å². The SMILES string of the molecule is CCCCOc1ccc(CCNC(=O)c2ccoc2)cc1. The van der Waals surface area contributed by atoms with Gasteiger partial charge in [0.2, 0.25) is 0 Å². The van der Waals surface area contributed by atoms with Gasteiger partial charge < -0.3 is 14.5 Å². The molecular weight excluding hydrogens is 266 g/mol. The molecule has 0 aliphatic carbocycles. The standard InChI is InChI=1S/C17H21NO3/c1-2-3-11-21-16-6-4-14(5-7-16)8-10-18-17(19)15-9-12-20-13-15/h4-7,9,12-13H,2-3,8,10-11H2,1H3,(H,18,19). The van der Waals surface area contributed by atoms with Gasteiger partial charge in [0.15, 0.2) is 0 Å². The average Bonchev–Trinajstić information content (AvgIpc) is 3.03. The summed E-state index contributed by atoms with van der Waals surface area (Å²) in [5, 5.41) is 2.86. The van der Waals surface area contributed by atoms with Gasteiger partial charge in [-0.25, -0.2) is 0 Å². The third-order valence-corrected chi connectivity index (χ3v) is 3.17. The number of unbranched alkanes of at least 4 members (excludes halogenated alkanes) is 1. The first kappa shape index (κ1) is 15.2. The number of hydrogen-bond acceptors (Lipinski definition) is 3. The number of rotatable bonds is 8. The van der Waals surface area contributed by atoms with Crippen LogP contribution in [0.3, 0.4) is 0 Å². The first-order chi connectivity index (χ1) is 10.3. The minimum Gasteiger partial charge on any atom is -0.494 e. The Morgan fingerprint density at radius 2 is 2.05 bits per heavy atom. The highest BCUT2D eigenvalue weighted by Gasteiger charge is 2.05. The van der Waals surface area contributed by atoms with Gasteiger partial charge in [0.1, 0.15) is 12.0 Å². The van der Waals surface area contributed by atoms with Gasteiger partial charge in [0.25, 0.3) is 5.91 Å². The van der Waals surface area contributed by atoms with Crippen LogP contribution in [0.5, 0.6) is 5.75 Å². The second-order valence-corrected chi connectivity index (χ2v) is 4.86. The molecule has 1 amide bonds. The summed E-state index contributed by atoms with van der Waals surface area (Å²) in [5.74, 6) is 0.790. The fourth-order valence-corrected chi connectivity index (χ4v) is 1.90. The number of amides is 1. The number of hydrogen-bond donors (Lipinski definition) is 1. The molecule has 4 heteroatoms. The highest BCUT2D eigenvalue weighted by Crippen LogP contribution is 2.13. The first-order valence-corrected chi connectivity index (χ1v) is 7.31. The number of carbonyl (C=O) groups is 1. The van der Waals surface area contributed by atoms with E-state index in [1.54, 1.807) is 6.07 Å². The molecular formula is C17H21NO3. The summed E-state index contributed by atoms with van der Waals surface area (Å²) in [6, 6.07) is 9.67. The van der Waals surface area contributed by atoms with Crippen LogP contribution in [0.4, 0.5) is 0 Å². The molecule has 1 N–H and O–H groups in total. The largest absolute Gasteiger partial charge is 0.494 e. The zero-order valence-electron chi connectivity index (χ0n) is 12.3. The summed E-state index contributed by atoms with van der Waals surface area (Å²) >= 11 is 0. The molecule has 0 bridgehead atoms. The van der Waals surface area contributed by atoms with Crippen molar-refractivity contribution in [1.29, 1.82) is 0 Å². The molecule has 1 aromatic heterocycles. The monoisotopic (exact) mass is 287 g/mol. The van der Waals surface area contributed by atoms with E-state index in [1.165, 1.54) is 18.1 Å². The van der Waals surface area contributed by atoms with Crippen LogP contribution in [0.15, 0.2) is 47.3 Å². The summed E-state index contributed by atoms with van der Waals surface area (Å²) < 4.78 is 10.5. The number of benzene rings is 1. The third kappa shape index (κ3) is 4.99. The molecule has 0 unspecified atom stereocenters. The molecule has 0 radical (unpaired) electrons. The van der Waals surface area contributed by atoms with Crippen LogP contribution in [-0.2, 0) is 6.42 Å². The van der Waals surface area contributed by atoms with Crippen LogP contribution in [0.1, 0.15) is 35.7 Å². The van der Waals surface area contributed by atoms with E-state index in [9.17, 15) is 4.79 Å². The Bertz CT molecular complexity index is 532. The molecule has 1 heterocycles. The Morgan fingerprint density at radius 3 is 2.71 bits per heavy atom.